The normalized spacial score (nSPS) is 12.2. The summed E-state index contributed by atoms with van der Waals surface area (Å²) in [5, 5.41) is 3.20. The van der Waals surface area contributed by atoms with Crippen molar-refractivity contribution in [1.29, 1.82) is 0 Å². The lowest BCUT2D eigenvalue weighted by Crippen LogP contribution is -2.18. The molecule has 0 saturated heterocycles. The number of hydrogen-bond acceptors (Lipinski definition) is 4. The molecule has 1 unspecified atom stereocenters. The van der Waals surface area contributed by atoms with Crippen LogP contribution in [0.5, 0.6) is 0 Å². The van der Waals surface area contributed by atoms with Crippen LogP contribution in [0.25, 0.3) is 0 Å². The van der Waals surface area contributed by atoms with Gasteiger partial charge in [-0.25, -0.2) is 4.79 Å². The Morgan fingerprint density at radius 3 is 2.70 bits per heavy atom. The van der Waals surface area contributed by atoms with Crippen molar-refractivity contribution in [2.75, 3.05) is 14.2 Å². The van der Waals surface area contributed by atoms with Crippen molar-refractivity contribution in [2.45, 2.75) is 13.0 Å². The van der Waals surface area contributed by atoms with Crippen LogP contribution in [0.3, 0.4) is 0 Å². The second kappa shape index (κ2) is 6.24. The van der Waals surface area contributed by atoms with E-state index in [0.717, 1.165) is 15.6 Å². The van der Waals surface area contributed by atoms with Crippen LogP contribution in [-0.2, 0) is 4.74 Å². The van der Waals surface area contributed by atoms with Gasteiger partial charge < -0.3 is 14.5 Å². The van der Waals surface area contributed by atoms with E-state index in [2.05, 4.69) is 26.0 Å². The first-order valence-electron chi connectivity index (χ1n) is 6.18. The molecule has 106 valence electrons. The van der Waals surface area contributed by atoms with E-state index in [0.29, 0.717) is 5.76 Å². The van der Waals surface area contributed by atoms with Crippen LogP contribution in [0.1, 0.15) is 33.5 Å². The van der Waals surface area contributed by atoms with Gasteiger partial charge in [0, 0.05) is 4.47 Å². The topological polar surface area (TPSA) is 51.5 Å². The maximum Gasteiger partial charge on any atom is 0.373 e. The molecule has 1 aromatic heterocycles. The van der Waals surface area contributed by atoms with Gasteiger partial charge >= 0.3 is 5.97 Å². The number of methoxy groups -OCH3 is 1. The molecular weight excluding hydrogens is 322 g/mol. The SMILES string of the molecule is CNC(c1ccc(C(=O)OC)o1)c1ccc(Br)cc1C. The summed E-state index contributed by atoms with van der Waals surface area (Å²) in [6, 6.07) is 9.36. The molecule has 1 aromatic carbocycles. The number of carbonyl (C=O) groups excluding carboxylic acids is 1. The van der Waals surface area contributed by atoms with E-state index in [1.807, 2.05) is 32.2 Å². The molecule has 1 heterocycles. The Bertz CT molecular complexity index is 621. The number of hydrogen-bond donors (Lipinski definition) is 1. The van der Waals surface area contributed by atoms with Crippen LogP contribution < -0.4 is 5.32 Å². The maximum absolute atomic E-state index is 11.4. The van der Waals surface area contributed by atoms with Crippen molar-refractivity contribution in [3.05, 3.63) is 57.5 Å². The second-order valence-corrected chi connectivity index (χ2v) is 5.33. The van der Waals surface area contributed by atoms with Gasteiger partial charge in [0.1, 0.15) is 5.76 Å². The van der Waals surface area contributed by atoms with Crippen molar-refractivity contribution in [1.82, 2.24) is 5.32 Å². The monoisotopic (exact) mass is 337 g/mol. The average Bonchev–Trinajstić information content (AvgIpc) is 2.90. The molecule has 0 aliphatic heterocycles. The zero-order valence-corrected chi connectivity index (χ0v) is 13.2. The molecule has 2 rings (SSSR count). The number of benzene rings is 1. The van der Waals surface area contributed by atoms with Crippen LogP contribution in [0.2, 0.25) is 0 Å². The van der Waals surface area contributed by atoms with E-state index in [1.54, 1.807) is 12.1 Å². The van der Waals surface area contributed by atoms with Crippen LogP contribution in [0.4, 0.5) is 0 Å². The highest BCUT2D eigenvalue weighted by atomic mass is 79.9. The summed E-state index contributed by atoms with van der Waals surface area (Å²) in [6.45, 7) is 2.04. The first-order chi connectivity index (χ1) is 9.56. The Morgan fingerprint density at radius 2 is 2.10 bits per heavy atom. The number of rotatable bonds is 4. The van der Waals surface area contributed by atoms with E-state index in [1.165, 1.54) is 7.11 Å². The van der Waals surface area contributed by atoms with Gasteiger partial charge in [0.15, 0.2) is 0 Å². The molecule has 0 aliphatic rings. The first-order valence-corrected chi connectivity index (χ1v) is 6.97. The Kier molecular flexibility index (Phi) is 4.62. The third kappa shape index (κ3) is 2.94. The van der Waals surface area contributed by atoms with Gasteiger partial charge in [-0.3, -0.25) is 0 Å². The molecule has 1 N–H and O–H groups in total. The lowest BCUT2D eigenvalue weighted by molar-refractivity contribution is 0.0562. The number of nitrogens with one attached hydrogen (secondary N) is 1. The standard InChI is InChI=1S/C15H16BrNO3/c1-9-8-10(16)4-5-11(9)14(17-2)12-6-7-13(20-12)15(18)19-3/h4-8,14,17H,1-3H3. The zero-order chi connectivity index (χ0) is 14.7. The fraction of sp³-hybridized carbons (Fsp3) is 0.267. The molecule has 0 aliphatic carbocycles. The van der Waals surface area contributed by atoms with Gasteiger partial charge in [-0.1, -0.05) is 22.0 Å². The summed E-state index contributed by atoms with van der Waals surface area (Å²) in [5.41, 5.74) is 2.23. The minimum atomic E-state index is -0.473. The minimum absolute atomic E-state index is 0.110. The van der Waals surface area contributed by atoms with Crippen LogP contribution in [0, 0.1) is 6.92 Å². The van der Waals surface area contributed by atoms with E-state index in [-0.39, 0.29) is 11.8 Å². The summed E-state index contributed by atoms with van der Waals surface area (Å²) in [7, 11) is 3.19. The van der Waals surface area contributed by atoms with Gasteiger partial charge in [0.2, 0.25) is 5.76 Å². The highest BCUT2D eigenvalue weighted by Gasteiger charge is 2.20. The molecule has 0 amide bonds. The molecule has 0 radical (unpaired) electrons. The molecule has 0 spiro atoms. The molecule has 0 saturated carbocycles. The van der Waals surface area contributed by atoms with E-state index < -0.39 is 5.97 Å². The second-order valence-electron chi connectivity index (χ2n) is 4.42. The third-order valence-corrected chi connectivity index (χ3v) is 3.62. The smallest absolute Gasteiger partial charge is 0.373 e. The fourth-order valence-electron chi connectivity index (χ4n) is 2.13. The Balaban J connectivity index is 2.37. The number of carbonyl (C=O) groups is 1. The first kappa shape index (κ1) is 14.8. The van der Waals surface area contributed by atoms with E-state index in [9.17, 15) is 4.79 Å². The lowest BCUT2D eigenvalue weighted by Gasteiger charge is -2.17. The Morgan fingerprint density at radius 1 is 1.35 bits per heavy atom. The Hall–Kier alpha value is -1.59. The van der Waals surface area contributed by atoms with Gasteiger partial charge in [-0.15, -0.1) is 0 Å². The quantitative estimate of drug-likeness (QED) is 0.868. The van der Waals surface area contributed by atoms with Gasteiger partial charge in [-0.2, -0.15) is 0 Å². The number of halogens is 1. The molecule has 0 fully saturated rings. The fourth-order valence-corrected chi connectivity index (χ4v) is 2.61. The number of esters is 1. The van der Waals surface area contributed by atoms with Crippen molar-refractivity contribution < 1.29 is 13.9 Å². The predicted octanol–water partition coefficient (Wildman–Crippen LogP) is 3.45. The number of aryl methyl sites for hydroxylation is 1. The summed E-state index contributed by atoms with van der Waals surface area (Å²) in [5.74, 6) is 0.412. The van der Waals surface area contributed by atoms with Crippen molar-refractivity contribution in [3.8, 4) is 0 Å². The summed E-state index contributed by atoms with van der Waals surface area (Å²) < 4.78 is 11.3. The average molecular weight is 338 g/mol. The molecule has 4 nitrogen and oxygen atoms in total. The van der Waals surface area contributed by atoms with Gasteiger partial charge in [0.25, 0.3) is 0 Å². The molecular formula is C15H16BrNO3. The van der Waals surface area contributed by atoms with Gasteiger partial charge in [-0.05, 0) is 49.4 Å². The highest BCUT2D eigenvalue weighted by molar-refractivity contribution is 9.10. The van der Waals surface area contributed by atoms with E-state index in [4.69, 9.17) is 4.42 Å². The molecule has 20 heavy (non-hydrogen) atoms. The van der Waals surface area contributed by atoms with Crippen LogP contribution in [-0.4, -0.2) is 20.1 Å². The molecule has 1 atom stereocenters. The number of ether oxygens (including phenoxy) is 1. The lowest BCUT2D eigenvalue weighted by atomic mass is 10.00. The zero-order valence-electron chi connectivity index (χ0n) is 11.6. The van der Waals surface area contributed by atoms with Crippen LogP contribution >= 0.6 is 15.9 Å². The summed E-state index contributed by atoms with van der Waals surface area (Å²) in [4.78, 5) is 11.4. The Labute approximate surface area is 126 Å². The molecule has 2 aromatic rings. The van der Waals surface area contributed by atoms with Crippen molar-refractivity contribution >= 4 is 21.9 Å². The van der Waals surface area contributed by atoms with Crippen LogP contribution in [0.15, 0.2) is 39.2 Å². The van der Waals surface area contributed by atoms with Crippen molar-refractivity contribution in [3.63, 3.8) is 0 Å². The van der Waals surface area contributed by atoms with Gasteiger partial charge in [0.05, 0.1) is 13.2 Å². The third-order valence-electron chi connectivity index (χ3n) is 3.13. The van der Waals surface area contributed by atoms with E-state index >= 15 is 0 Å². The maximum atomic E-state index is 11.4. The minimum Gasteiger partial charge on any atom is -0.463 e. The molecule has 5 heteroatoms. The summed E-state index contributed by atoms with van der Waals surface area (Å²) >= 11 is 3.45. The summed E-state index contributed by atoms with van der Waals surface area (Å²) in [6.07, 6.45) is 0. The number of furan rings is 1. The molecule has 0 bridgehead atoms. The largest absolute Gasteiger partial charge is 0.463 e. The highest BCUT2D eigenvalue weighted by Crippen LogP contribution is 2.28. The predicted molar refractivity (Wildman–Crippen MR) is 79.8 cm³/mol. The van der Waals surface area contributed by atoms with Crippen molar-refractivity contribution in [2.24, 2.45) is 0 Å².